The van der Waals surface area contributed by atoms with Gasteiger partial charge in [0.1, 0.15) is 29.5 Å². The van der Waals surface area contributed by atoms with E-state index in [0.29, 0.717) is 5.56 Å². The molecule has 0 unspecified atom stereocenters. The molecule has 0 fully saturated rings. The molecule has 8 heteroatoms. The number of benzene rings is 2. The molecule has 0 aromatic heterocycles. The van der Waals surface area contributed by atoms with E-state index in [1.165, 1.54) is 24.3 Å². The summed E-state index contributed by atoms with van der Waals surface area (Å²) in [5.74, 6) is -2.03. The Morgan fingerprint density at radius 1 is 1.07 bits per heavy atom. The Morgan fingerprint density at radius 3 is 2.43 bits per heavy atom. The Balaban J connectivity index is 1.87. The normalized spacial score (nSPS) is 11.0. The lowest BCUT2D eigenvalue weighted by Gasteiger charge is -2.15. The summed E-state index contributed by atoms with van der Waals surface area (Å²) in [5.41, 5.74) is -1.31. The molecule has 0 aliphatic heterocycles. The van der Waals surface area contributed by atoms with Crippen LogP contribution in [0.15, 0.2) is 48.5 Å². The Bertz CT molecular complexity index is 1080. The number of esters is 1. The summed E-state index contributed by atoms with van der Waals surface area (Å²) < 4.78 is 64.5. The zero-order chi connectivity index (χ0) is 21.9. The van der Waals surface area contributed by atoms with Crippen LogP contribution in [-0.4, -0.2) is 18.2 Å². The Morgan fingerprint density at radius 2 is 1.80 bits per heavy atom. The van der Waals surface area contributed by atoms with Crippen LogP contribution < -0.4 is 4.74 Å². The van der Waals surface area contributed by atoms with E-state index in [1.54, 1.807) is 0 Å². The van der Waals surface area contributed by atoms with Gasteiger partial charge in [0.25, 0.3) is 0 Å². The van der Waals surface area contributed by atoms with Crippen LogP contribution in [0.1, 0.15) is 21.5 Å². The zero-order valence-corrected chi connectivity index (χ0v) is 15.5. The number of hydrogen-bond donors (Lipinski definition) is 1. The minimum absolute atomic E-state index is 0.0519. The number of phenolic OH excluding ortho intramolecular Hbond substituents is 1. The largest absolute Gasteiger partial charge is 0.507 e. The third kappa shape index (κ3) is 4.46. The predicted octanol–water partition coefficient (Wildman–Crippen LogP) is 5.18. The molecule has 0 heterocycles. The number of aromatic hydroxyl groups is 1. The second-order valence-electron chi connectivity index (χ2n) is 6.18. The SMILES string of the molecule is COC(=O)c1ccc(COc2ccc(-c3cc#ccc3F)c(C(F)(F)F)c2)cc1O. The van der Waals surface area contributed by atoms with Gasteiger partial charge in [0.15, 0.2) is 0 Å². The van der Waals surface area contributed by atoms with Crippen molar-refractivity contribution >= 4 is 5.97 Å². The third-order valence-electron chi connectivity index (χ3n) is 4.22. The van der Waals surface area contributed by atoms with E-state index in [9.17, 15) is 27.5 Å². The number of halogens is 4. The van der Waals surface area contributed by atoms with E-state index < -0.39 is 23.5 Å². The molecule has 0 atom stereocenters. The Labute approximate surface area is 169 Å². The molecule has 3 rings (SSSR count). The van der Waals surface area contributed by atoms with Crippen LogP contribution in [0.25, 0.3) is 11.1 Å². The molecular formula is C22H14F4O4. The van der Waals surface area contributed by atoms with E-state index in [2.05, 4.69) is 16.9 Å². The molecule has 0 saturated heterocycles. The Hall–Kier alpha value is -3.73. The van der Waals surface area contributed by atoms with Gasteiger partial charge in [0.05, 0.1) is 12.7 Å². The van der Waals surface area contributed by atoms with Gasteiger partial charge in [-0.2, -0.15) is 13.2 Å². The summed E-state index contributed by atoms with van der Waals surface area (Å²) in [7, 11) is 1.16. The molecule has 3 aromatic rings. The van der Waals surface area contributed by atoms with Crippen molar-refractivity contribution in [2.75, 3.05) is 7.11 Å². The van der Waals surface area contributed by atoms with Crippen molar-refractivity contribution < 1.29 is 36.9 Å². The number of alkyl halides is 3. The molecule has 4 nitrogen and oxygen atoms in total. The van der Waals surface area contributed by atoms with Gasteiger partial charge in [-0.05, 0) is 47.5 Å². The van der Waals surface area contributed by atoms with Crippen LogP contribution in [0.5, 0.6) is 11.5 Å². The first kappa shape index (κ1) is 21.0. The molecule has 0 saturated carbocycles. The van der Waals surface area contributed by atoms with Crippen molar-refractivity contribution in [3.63, 3.8) is 0 Å². The van der Waals surface area contributed by atoms with Crippen molar-refractivity contribution in [3.05, 3.63) is 83.2 Å². The molecule has 1 N–H and O–H groups in total. The van der Waals surface area contributed by atoms with Gasteiger partial charge in [-0.15, -0.1) is 0 Å². The quantitative estimate of drug-likeness (QED) is 0.458. The molecule has 0 radical (unpaired) electrons. The zero-order valence-electron chi connectivity index (χ0n) is 15.5. The molecule has 0 amide bonds. The number of carbonyl (C=O) groups is 1. The fraction of sp³-hybridized carbons (Fsp3) is 0.136. The summed E-state index contributed by atoms with van der Waals surface area (Å²) in [6, 6.07) is 14.0. The van der Waals surface area contributed by atoms with Gasteiger partial charge in [0, 0.05) is 11.6 Å². The van der Waals surface area contributed by atoms with E-state index in [4.69, 9.17) is 4.74 Å². The average molecular weight is 418 g/mol. The lowest BCUT2D eigenvalue weighted by Crippen LogP contribution is -2.08. The van der Waals surface area contributed by atoms with Crippen LogP contribution in [0, 0.1) is 17.9 Å². The fourth-order valence-electron chi connectivity index (χ4n) is 2.77. The maximum Gasteiger partial charge on any atom is 0.417 e. The number of ether oxygens (including phenoxy) is 2. The molecule has 0 aliphatic carbocycles. The maximum atomic E-state index is 14.0. The second kappa shape index (κ2) is 8.33. The minimum Gasteiger partial charge on any atom is -0.507 e. The highest BCUT2D eigenvalue weighted by Crippen LogP contribution is 2.39. The highest BCUT2D eigenvalue weighted by Gasteiger charge is 2.34. The minimum atomic E-state index is -4.75. The third-order valence-corrected chi connectivity index (χ3v) is 4.22. The first-order chi connectivity index (χ1) is 14.2. The van der Waals surface area contributed by atoms with Crippen molar-refractivity contribution in [3.8, 4) is 22.6 Å². The summed E-state index contributed by atoms with van der Waals surface area (Å²) in [5, 5.41) is 9.88. The van der Waals surface area contributed by atoms with Gasteiger partial charge in [-0.3, -0.25) is 0 Å². The van der Waals surface area contributed by atoms with E-state index in [0.717, 1.165) is 31.4 Å². The highest BCUT2D eigenvalue weighted by molar-refractivity contribution is 5.92. The van der Waals surface area contributed by atoms with Crippen molar-refractivity contribution in [2.24, 2.45) is 0 Å². The fourth-order valence-corrected chi connectivity index (χ4v) is 2.77. The molecule has 154 valence electrons. The topological polar surface area (TPSA) is 55.8 Å². The van der Waals surface area contributed by atoms with Crippen LogP contribution in [0.3, 0.4) is 0 Å². The molecule has 0 bridgehead atoms. The lowest BCUT2D eigenvalue weighted by molar-refractivity contribution is -0.137. The highest BCUT2D eigenvalue weighted by atomic mass is 19.4. The van der Waals surface area contributed by atoms with Crippen LogP contribution >= 0.6 is 0 Å². The molecule has 0 aliphatic rings. The van der Waals surface area contributed by atoms with E-state index in [-0.39, 0.29) is 34.8 Å². The van der Waals surface area contributed by atoms with Crippen LogP contribution in [0.2, 0.25) is 0 Å². The van der Waals surface area contributed by atoms with Gasteiger partial charge < -0.3 is 14.6 Å². The first-order valence-electron chi connectivity index (χ1n) is 8.52. The molecule has 3 aromatic carbocycles. The first-order valence-corrected chi connectivity index (χ1v) is 8.52. The number of hydrogen-bond acceptors (Lipinski definition) is 4. The Kier molecular flexibility index (Phi) is 5.83. The van der Waals surface area contributed by atoms with Gasteiger partial charge in [-0.25, -0.2) is 9.18 Å². The number of rotatable bonds is 5. The van der Waals surface area contributed by atoms with E-state index >= 15 is 0 Å². The summed E-state index contributed by atoms with van der Waals surface area (Å²) >= 11 is 0. The van der Waals surface area contributed by atoms with Crippen LogP contribution in [-0.2, 0) is 17.5 Å². The summed E-state index contributed by atoms with van der Waals surface area (Å²) in [6.45, 7) is -0.173. The van der Waals surface area contributed by atoms with Crippen molar-refractivity contribution in [2.45, 2.75) is 12.8 Å². The predicted molar refractivity (Wildman–Crippen MR) is 98.3 cm³/mol. The number of methoxy groups -OCH3 is 1. The maximum absolute atomic E-state index is 14.0. The lowest BCUT2D eigenvalue weighted by atomic mass is 9.99. The van der Waals surface area contributed by atoms with Gasteiger partial charge in [0.2, 0.25) is 0 Å². The summed E-state index contributed by atoms with van der Waals surface area (Å²) in [6.07, 6.45) is -4.75. The standard InChI is InChI=1S/C22H14F4O4/c1-29-21(28)17-8-6-13(10-20(17)27)12-30-14-7-9-15(18(11-14)22(24,25)26)16-4-2-3-5-19(16)23/h4-11,27H,12H2,1H3. The second-order valence-corrected chi connectivity index (χ2v) is 6.18. The smallest absolute Gasteiger partial charge is 0.417 e. The number of phenols is 1. The monoisotopic (exact) mass is 418 g/mol. The number of carbonyl (C=O) groups excluding carboxylic acids is 1. The van der Waals surface area contributed by atoms with E-state index in [1.807, 2.05) is 0 Å². The van der Waals surface area contributed by atoms with Gasteiger partial charge in [-0.1, -0.05) is 18.2 Å². The van der Waals surface area contributed by atoms with Gasteiger partial charge >= 0.3 is 12.1 Å². The average Bonchev–Trinajstić information content (AvgIpc) is 2.71. The van der Waals surface area contributed by atoms with Crippen molar-refractivity contribution in [1.82, 2.24) is 0 Å². The summed E-state index contributed by atoms with van der Waals surface area (Å²) in [4.78, 5) is 11.5. The van der Waals surface area contributed by atoms with Crippen LogP contribution in [0.4, 0.5) is 17.6 Å². The molecule has 0 spiro atoms. The van der Waals surface area contributed by atoms with Crippen molar-refractivity contribution in [1.29, 1.82) is 0 Å². The molecule has 30 heavy (non-hydrogen) atoms. The molecular weight excluding hydrogens is 404 g/mol.